The minimum atomic E-state index is -3.64. The van der Waals surface area contributed by atoms with Gasteiger partial charge in [-0.3, -0.25) is 0 Å². The van der Waals surface area contributed by atoms with E-state index < -0.39 is 10.0 Å². The van der Waals surface area contributed by atoms with E-state index >= 15 is 0 Å². The second-order valence-electron chi connectivity index (χ2n) is 8.17. The van der Waals surface area contributed by atoms with E-state index in [0.717, 1.165) is 48.2 Å². The van der Waals surface area contributed by atoms with Gasteiger partial charge in [0.05, 0.1) is 16.8 Å². The van der Waals surface area contributed by atoms with Gasteiger partial charge in [-0.25, -0.2) is 22.6 Å². The molecular formula is C22H25N7O2S. The highest BCUT2D eigenvalue weighted by molar-refractivity contribution is 7.89. The van der Waals surface area contributed by atoms with Gasteiger partial charge >= 0.3 is 0 Å². The summed E-state index contributed by atoms with van der Waals surface area (Å²) in [5.41, 5.74) is 3.19. The number of sulfonamides is 1. The van der Waals surface area contributed by atoms with Crippen LogP contribution in [0.15, 0.2) is 60.3 Å². The van der Waals surface area contributed by atoms with Crippen LogP contribution in [0.2, 0.25) is 0 Å². The SMILES string of the molecule is CCc1cc(-c2ccn3nccc3n2)ccc1S(=O)(=O)NC1CCCC(n2cnnc2)C1. The summed E-state index contributed by atoms with van der Waals surface area (Å²) in [4.78, 5) is 4.96. The van der Waals surface area contributed by atoms with E-state index in [1.807, 2.05) is 42.0 Å². The Hall–Kier alpha value is -3.11. The quantitative estimate of drug-likeness (QED) is 0.483. The van der Waals surface area contributed by atoms with Gasteiger partial charge in [0, 0.05) is 29.9 Å². The third kappa shape index (κ3) is 4.03. The van der Waals surface area contributed by atoms with Crippen molar-refractivity contribution in [1.82, 2.24) is 34.1 Å². The molecule has 2 unspecified atom stereocenters. The Bertz CT molecular complexity index is 1330. The Morgan fingerprint density at radius 3 is 2.78 bits per heavy atom. The predicted octanol–water partition coefficient (Wildman–Crippen LogP) is 3.01. The van der Waals surface area contributed by atoms with E-state index in [1.54, 1.807) is 29.4 Å². The zero-order valence-electron chi connectivity index (χ0n) is 17.8. The lowest BCUT2D eigenvalue weighted by atomic mass is 9.91. The number of hydrogen-bond acceptors (Lipinski definition) is 6. The molecule has 0 bridgehead atoms. The fraction of sp³-hybridized carbons (Fsp3) is 0.364. The lowest BCUT2D eigenvalue weighted by Crippen LogP contribution is -2.39. The molecule has 0 amide bonds. The van der Waals surface area contributed by atoms with Gasteiger partial charge in [-0.1, -0.05) is 13.0 Å². The summed E-state index contributed by atoms with van der Waals surface area (Å²) in [6.07, 6.45) is 11.1. The van der Waals surface area contributed by atoms with Crippen molar-refractivity contribution in [3.05, 3.63) is 60.9 Å². The van der Waals surface area contributed by atoms with Gasteiger partial charge in [-0.2, -0.15) is 5.10 Å². The molecule has 4 aromatic rings. The topological polar surface area (TPSA) is 107 Å². The van der Waals surface area contributed by atoms with E-state index in [0.29, 0.717) is 11.3 Å². The van der Waals surface area contributed by atoms with Gasteiger partial charge in [0.2, 0.25) is 10.0 Å². The van der Waals surface area contributed by atoms with Crippen LogP contribution < -0.4 is 4.72 Å². The van der Waals surface area contributed by atoms with Gasteiger partial charge in [0.1, 0.15) is 12.7 Å². The Morgan fingerprint density at radius 1 is 1.12 bits per heavy atom. The zero-order valence-corrected chi connectivity index (χ0v) is 18.6. The van der Waals surface area contributed by atoms with Crippen LogP contribution in [-0.2, 0) is 16.4 Å². The molecule has 0 aliphatic heterocycles. The number of nitrogens with zero attached hydrogens (tertiary/aromatic N) is 6. The van der Waals surface area contributed by atoms with Gasteiger partial charge in [-0.05, 0) is 55.9 Å². The second kappa shape index (κ2) is 8.44. The minimum absolute atomic E-state index is 0.114. The maximum absolute atomic E-state index is 13.3. The summed E-state index contributed by atoms with van der Waals surface area (Å²) < 4.78 is 33.2. The molecule has 166 valence electrons. The largest absolute Gasteiger partial charge is 0.317 e. The van der Waals surface area contributed by atoms with Crippen molar-refractivity contribution in [2.45, 2.75) is 56.0 Å². The number of aromatic nitrogens is 6. The molecule has 0 radical (unpaired) electrons. The van der Waals surface area contributed by atoms with Crippen LogP contribution in [0.3, 0.4) is 0 Å². The standard InChI is InChI=1S/C22H25N7O2S/c1-2-16-12-17(20-9-11-29-22(26-20)8-10-25-29)6-7-21(16)32(30,31)27-18-4-3-5-19(13-18)28-14-23-24-15-28/h6-12,14-15,18-19,27H,2-5,13H2,1H3. The first-order valence-electron chi connectivity index (χ1n) is 10.8. The summed E-state index contributed by atoms with van der Waals surface area (Å²) in [6, 6.07) is 9.26. The van der Waals surface area contributed by atoms with Crippen LogP contribution in [0, 0.1) is 0 Å². The minimum Gasteiger partial charge on any atom is -0.317 e. The number of nitrogens with one attached hydrogen (secondary N) is 1. The Morgan fingerprint density at radius 2 is 1.97 bits per heavy atom. The molecule has 0 saturated heterocycles. The summed E-state index contributed by atoms with van der Waals surface area (Å²) >= 11 is 0. The lowest BCUT2D eigenvalue weighted by Gasteiger charge is -2.30. The fourth-order valence-corrected chi connectivity index (χ4v) is 6.05. The zero-order chi connectivity index (χ0) is 22.1. The molecule has 1 saturated carbocycles. The first kappa shape index (κ1) is 20.8. The smallest absolute Gasteiger partial charge is 0.241 e. The molecule has 1 N–H and O–H groups in total. The summed E-state index contributed by atoms with van der Waals surface area (Å²) in [5.74, 6) is 0. The molecule has 1 aliphatic rings. The highest BCUT2D eigenvalue weighted by Gasteiger charge is 2.28. The number of hydrogen-bond donors (Lipinski definition) is 1. The van der Waals surface area contributed by atoms with Crippen LogP contribution in [0.1, 0.15) is 44.2 Å². The Labute approximate surface area is 186 Å². The fourth-order valence-electron chi connectivity index (χ4n) is 4.47. The molecule has 9 nitrogen and oxygen atoms in total. The van der Waals surface area contributed by atoms with Gasteiger partial charge in [0.25, 0.3) is 0 Å². The third-order valence-corrected chi connectivity index (χ3v) is 7.73. The number of rotatable bonds is 6. The van der Waals surface area contributed by atoms with Crippen molar-refractivity contribution in [3.8, 4) is 11.3 Å². The summed E-state index contributed by atoms with van der Waals surface area (Å²) in [7, 11) is -3.64. The molecule has 1 aromatic carbocycles. The molecule has 32 heavy (non-hydrogen) atoms. The Balaban J connectivity index is 1.39. The first-order chi connectivity index (χ1) is 15.5. The van der Waals surface area contributed by atoms with Crippen LogP contribution in [-0.4, -0.2) is 43.8 Å². The molecule has 10 heteroatoms. The maximum Gasteiger partial charge on any atom is 0.241 e. The van der Waals surface area contributed by atoms with Gasteiger partial charge < -0.3 is 4.57 Å². The summed E-state index contributed by atoms with van der Waals surface area (Å²) in [6.45, 7) is 1.97. The van der Waals surface area contributed by atoms with Crippen molar-refractivity contribution in [2.24, 2.45) is 0 Å². The van der Waals surface area contributed by atoms with Crippen LogP contribution in [0.5, 0.6) is 0 Å². The normalized spacial score (nSPS) is 19.4. The van der Waals surface area contributed by atoms with Crippen molar-refractivity contribution < 1.29 is 8.42 Å². The van der Waals surface area contributed by atoms with Crippen LogP contribution in [0.4, 0.5) is 0 Å². The van der Waals surface area contributed by atoms with Crippen molar-refractivity contribution >= 4 is 15.7 Å². The maximum atomic E-state index is 13.3. The monoisotopic (exact) mass is 451 g/mol. The second-order valence-corrected chi connectivity index (χ2v) is 9.85. The number of benzene rings is 1. The average molecular weight is 452 g/mol. The first-order valence-corrected chi connectivity index (χ1v) is 12.3. The third-order valence-electron chi connectivity index (χ3n) is 6.11. The van der Waals surface area contributed by atoms with Crippen molar-refractivity contribution in [2.75, 3.05) is 0 Å². The molecule has 1 fully saturated rings. The van der Waals surface area contributed by atoms with E-state index in [2.05, 4.69) is 25.0 Å². The van der Waals surface area contributed by atoms with E-state index in [-0.39, 0.29) is 12.1 Å². The molecule has 0 spiro atoms. The highest BCUT2D eigenvalue weighted by atomic mass is 32.2. The molecule has 3 heterocycles. The van der Waals surface area contributed by atoms with E-state index in [1.165, 1.54) is 0 Å². The molecule has 5 rings (SSSR count). The van der Waals surface area contributed by atoms with Crippen molar-refractivity contribution in [1.29, 1.82) is 0 Å². The Kier molecular flexibility index (Phi) is 5.48. The summed E-state index contributed by atoms with van der Waals surface area (Å²) in [5, 5.41) is 11.9. The molecule has 2 atom stereocenters. The number of aryl methyl sites for hydroxylation is 1. The van der Waals surface area contributed by atoms with Gasteiger partial charge in [-0.15, -0.1) is 10.2 Å². The molecule has 1 aliphatic carbocycles. The number of fused-ring (bicyclic) bond motifs is 1. The van der Waals surface area contributed by atoms with Crippen LogP contribution in [0.25, 0.3) is 16.9 Å². The van der Waals surface area contributed by atoms with Gasteiger partial charge in [0.15, 0.2) is 5.65 Å². The molecular weight excluding hydrogens is 426 g/mol. The van der Waals surface area contributed by atoms with Crippen LogP contribution >= 0.6 is 0 Å². The van der Waals surface area contributed by atoms with E-state index in [9.17, 15) is 8.42 Å². The highest BCUT2D eigenvalue weighted by Crippen LogP contribution is 2.30. The van der Waals surface area contributed by atoms with Crippen molar-refractivity contribution in [3.63, 3.8) is 0 Å². The average Bonchev–Trinajstić information content (AvgIpc) is 3.50. The lowest BCUT2D eigenvalue weighted by molar-refractivity contribution is 0.305. The predicted molar refractivity (Wildman–Crippen MR) is 119 cm³/mol. The van der Waals surface area contributed by atoms with E-state index in [4.69, 9.17) is 0 Å². The molecule has 3 aromatic heterocycles.